The summed E-state index contributed by atoms with van der Waals surface area (Å²) in [6.45, 7) is 5.05. The van der Waals surface area contributed by atoms with Crippen molar-refractivity contribution in [3.8, 4) is 0 Å². The average molecular weight is 420 g/mol. The largest absolute Gasteiger partial charge is 0.349 e. The number of aromatic nitrogens is 2. The first kappa shape index (κ1) is 20.9. The summed E-state index contributed by atoms with van der Waals surface area (Å²) in [4.78, 5) is 29.1. The van der Waals surface area contributed by atoms with Gasteiger partial charge in [0.2, 0.25) is 0 Å². The molecule has 1 heterocycles. The van der Waals surface area contributed by atoms with E-state index in [-0.39, 0.29) is 11.9 Å². The summed E-state index contributed by atoms with van der Waals surface area (Å²) >= 11 is 0. The lowest BCUT2D eigenvalue weighted by atomic mass is 10.1. The van der Waals surface area contributed by atoms with Crippen LogP contribution in [0.4, 0.5) is 10.5 Å². The van der Waals surface area contributed by atoms with Gasteiger partial charge in [-0.3, -0.25) is 4.79 Å². The van der Waals surface area contributed by atoms with Crippen LogP contribution in [0.2, 0.25) is 0 Å². The van der Waals surface area contributed by atoms with Crippen LogP contribution in [-0.4, -0.2) is 34.1 Å². The van der Waals surface area contributed by atoms with E-state index in [1.165, 1.54) is 12.8 Å². The van der Waals surface area contributed by atoms with Gasteiger partial charge in [0.05, 0.1) is 17.4 Å². The van der Waals surface area contributed by atoms with Crippen molar-refractivity contribution >= 4 is 28.7 Å². The number of hydrogen-bond acceptors (Lipinski definition) is 3. The number of aryl methyl sites for hydroxylation is 2. The molecule has 1 aliphatic rings. The molecule has 0 aliphatic heterocycles. The molecule has 2 aromatic carbocycles. The number of carbonyl (C=O) groups is 2. The monoisotopic (exact) mass is 419 g/mol. The number of carbonyl (C=O) groups excluding carboxylic acids is 2. The molecular weight excluding hydrogens is 390 g/mol. The number of hydrogen-bond donors (Lipinski definition) is 3. The number of anilines is 1. The molecule has 1 aliphatic carbocycles. The zero-order valence-corrected chi connectivity index (χ0v) is 18.1. The topological polar surface area (TPSA) is 88.1 Å². The summed E-state index contributed by atoms with van der Waals surface area (Å²) < 4.78 is 1.98. The Kier molecular flexibility index (Phi) is 6.21. The number of imidazole rings is 1. The molecule has 1 aromatic heterocycles. The van der Waals surface area contributed by atoms with Crippen molar-refractivity contribution in [2.45, 2.75) is 52.1 Å². The zero-order chi connectivity index (χ0) is 21.8. The lowest BCUT2D eigenvalue weighted by Gasteiger charge is -2.12. The van der Waals surface area contributed by atoms with Crippen molar-refractivity contribution in [1.29, 1.82) is 0 Å². The smallest absolute Gasteiger partial charge is 0.319 e. The van der Waals surface area contributed by atoms with E-state index in [2.05, 4.69) is 20.9 Å². The van der Waals surface area contributed by atoms with Crippen molar-refractivity contribution in [3.05, 3.63) is 59.4 Å². The van der Waals surface area contributed by atoms with Crippen LogP contribution in [0, 0.1) is 13.8 Å². The highest BCUT2D eigenvalue weighted by molar-refractivity contribution is 5.97. The fraction of sp³-hybridized carbons (Fsp3) is 0.375. The van der Waals surface area contributed by atoms with Gasteiger partial charge in [0.25, 0.3) is 5.91 Å². The van der Waals surface area contributed by atoms with Gasteiger partial charge in [-0.05, 0) is 56.5 Å². The SMILES string of the molecule is Cc1ccc(NC(=O)NCCn2cnc3cc(C(=O)NC4CCCC4)ccc32)c(C)c1. The lowest BCUT2D eigenvalue weighted by molar-refractivity contribution is 0.0938. The van der Waals surface area contributed by atoms with Gasteiger partial charge in [0.1, 0.15) is 0 Å². The summed E-state index contributed by atoms with van der Waals surface area (Å²) in [5, 5.41) is 8.88. The van der Waals surface area contributed by atoms with Crippen molar-refractivity contribution in [2.24, 2.45) is 0 Å². The minimum Gasteiger partial charge on any atom is -0.349 e. The van der Waals surface area contributed by atoms with E-state index >= 15 is 0 Å². The molecule has 1 fully saturated rings. The Labute approximate surface area is 182 Å². The molecule has 0 radical (unpaired) electrons. The number of nitrogens with zero attached hydrogens (tertiary/aromatic N) is 2. The number of urea groups is 1. The molecule has 7 nitrogen and oxygen atoms in total. The Morgan fingerprint density at radius 2 is 1.90 bits per heavy atom. The highest BCUT2D eigenvalue weighted by Crippen LogP contribution is 2.20. The van der Waals surface area contributed by atoms with Crippen molar-refractivity contribution in [3.63, 3.8) is 0 Å². The first-order valence-corrected chi connectivity index (χ1v) is 10.9. The second-order valence-corrected chi connectivity index (χ2v) is 8.30. The molecule has 0 spiro atoms. The maximum atomic E-state index is 12.5. The molecule has 0 bridgehead atoms. The second kappa shape index (κ2) is 9.20. The second-order valence-electron chi connectivity index (χ2n) is 8.30. The van der Waals surface area contributed by atoms with E-state index in [0.29, 0.717) is 24.7 Å². The van der Waals surface area contributed by atoms with Crippen LogP contribution in [0.1, 0.15) is 47.2 Å². The summed E-state index contributed by atoms with van der Waals surface area (Å²) in [5.74, 6) is -0.0342. The molecule has 31 heavy (non-hydrogen) atoms. The van der Waals surface area contributed by atoms with E-state index in [1.54, 1.807) is 6.33 Å². The summed E-state index contributed by atoms with van der Waals surface area (Å²) in [7, 11) is 0. The fourth-order valence-electron chi connectivity index (χ4n) is 4.13. The van der Waals surface area contributed by atoms with Gasteiger partial charge in [-0.2, -0.15) is 0 Å². The lowest BCUT2D eigenvalue weighted by Crippen LogP contribution is -2.32. The predicted molar refractivity (Wildman–Crippen MR) is 122 cm³/mol. The van der Waals surface area contributed by atoms with Crippen LogP contribution >= 0.6 is 0 Å². The minimum absolute atomic E-state index is 0.0342. The molecule has 7 heteroatoms. The van der Waals surface area contributed by atoms with Crippen LogP contribution in [0.3, 0.4) is 0 Å². The predicted octanol–water partition coefficient (Wildman–Crippen LogP) is 4.15. The van der Waals surface area contributed by atoms with Crippen LogP contribution in [-0.2, 0) is 6.54 Å². The Morgan fingerprint density at radius 1 is 1.10 bits per heavy atom. The summed E-state index contributed by atoms with van der Waals surface area (Å²) in [6.07, 6.45) is 6.24. The van der Waals surface area contributed by atoms with E-state index in [1.807, 2.05) is 54.8 Å². The average Bonchev–Trinajstić information content (AvgIpc) is 3.40. The maximum Gasteiger partial charge on any atom is 0.319 e. The van der Waals surface area contributed by atoms with E-state index in [0.717, 1.165) is 40.7 Å². The Balaban J connectivity index is 1.32. The highest BCUT2D eigenvalue weighted by Gasteiger charge is 2.18. The van der Waals surface area contributed by atoms with Gasteiger partial charge in [-0.15, -0.1) is 0 Å². The fourth-order valence-corrected chi connectivity index (χ4v) is 4.13. The molecule has 162 valence electrons. The molecule has 4 rings (SSSR count). The van der Waals surface area contributed by atoms with Crippen molar-refractivity contribution in [2.75, 3.05) is 11.9 Å². The van der Waals surface area contributed by atoms with Crippen LogP contribution < -0.4 is 16.0 Å². The highest BCUT2D eigenvalue weighted by atomic mass is 16.2. The molecule has 3 aromatic rings. The van der Waals surface area contributed by atoms with Gasteiger partial charge in [0, 0.05) is 30.4 Å². The van der Waals surface area contributed by atoms with Gasteiger partial charge in [0.15, 0.2) is 0 Å². The van der Waals surface area contributed by atoms with E-state index < -0.39 is 0 Å². The van der Waals surface area contributed by atoms with E-state index in [9.17, 15) is 9.59 Å². The molecule has 1 saturated carbocycles. The molecule has 0 saturated heterocycles. The van der Waals surface area contributed by atoms with Crippen LogP contribution in [0.15, 0.2) is 42.7 Å². The third-order valence-electron chi connectivity index (χ3n) is 5.84. The first-order valence-electron chi connectivity index (χ1n) is 10.9. The normalized spacial score (nSPS) is 14.0. The Morgan fingerprint density at radius 3 is 2.68 bits per heavy atom. The number of amides is 3. The first-order chi connectivity index (χ1) is 15.0. The minimum atomic E-state index is -0.234. The van der Waals surface area contributed by atoms with Gasteiger partial charge < -0.3 is 20.5 Å². The van der Waals surface area contributed by atoms with Gasteiger partial charge in [-0.25, -0.2) is 9.78 Å². The van der Waals surface area contributed by atoms with Crippen LogP contribution in [0.5, 0.6) is 0 Å². The van der Waals surface area contributed by atoms with Crippen molar-refractivity contribution in [1.82, 2.24) is 20.2 Å². The summed E-state index contributed by atoms with van der Waals surface area (Å²) in [5.41, 5.74) is 5.35. The number of fused-ring (bicyclic) bond motifs is 1. The number of benzene rings is 2. The Bertz CT molecular complexity index is 1100. The number of nitrogens with one attached hydrogen (secondary N) is 3. The van der Waals surface area contributed by atoms with Gasteiger partial charge in [-0.1, -0.05) is 30.5 Å². The molecule has 3 amide bonds. The van der Waals surface area contributed by atoms with Gasteiger partial charge >= 0.3 is 6.03 Å². The molecular formula is C24H29N5O2. The standard InChI is InChI=1S/C24H29N5O2/c1-16-7-9-20(17(2)13-16)28-24(31)25-11-12-29-15-26-21-14-18(8-10-22(21)29)23(30)27-19-5-3-4-6-19/h7-10,13-15,19H,3-6,11-12H2,1-2H3,(H,27,30)(H2,25,28,31). The zero-order valence-electron chi connectivity index (χ0n) is 18.1. The maximum absolute atomic E-state index is 12.5. The molecule has 3 N–H and O–H groups in total. The van der Waals surface area contributed by atoms with E-state index in [4.69, 9.17) is 0 Å². The molecule has 0 unspecified atom stereocenters. The third kappa shape index (κ3) is 5.05. The summed E-state index contributed by atoms with van der Waals surface area (Å²) in [6, 6.07) is 11.6. The number of rotatable bonds is 6. The van der Waals surface area contributed by atoms with Crippen molar-refractivity contribution < 1.29 is 9.59 Å². The Hall–Kier alpha value is -3.35. The van der Waals surface area contributed by atoms with Crippen LogP contribution in [0.25, 0.3) is 11.0 Å². The quantitative estimate of drug-likeness (QED) is 0.561. The third-order valence-corrected chi connectivity index (χ3v) is 5.84. The molecule has 0 atom stereocenters.